The van der Waals surface area contributed by atoms with Crippen molar-refractivity contribution in [3.05, 3.63) is 130 Å². The Bertz CT molecular complexity index is 1720. The fourth-order valence-corrected chi connectivity index (χ4v) is 4.21. The maximum Gasteiger partial charge on any atom is 0.272 e. The summed E-state index contributed by atoms with van der Waals surface area (Å²) in [7, 11) is 0. The number of carbonyl (C=O) groups excluding carboxylic acids is 1. The number of aromatic nitrogens is 1. The molecule has 0 saturated heterocycles. The Balaban J connectivity index is 1.31. The molecule has 5 rings (SSSR count). The summed E-state index contributed by atoms with van der Waals surface area (Å²) in [6.07, 6.45) is 1.53. The second-order valence-corrected chi connectivity index (χ2v) is 8.99. The van der Waals surface area contributed by atoms with E-state index < -0.39 is 4.92 Å². The highest BCUT2D eigenvalue weighted by atomic mass is 16.6. The SMILES string of the molecule is CCOc1cc(/C=N/NC(=O)c2cc(-c3ccccc3)nc3ccccc23)ccc1OCc1ccc([N+](=O)[O-])cc1. The molecule has 0 aliphatic heterocycles. The van der Waals surface area contributed by atoms with Crippen molar-refractivity contribution < 1.29 is 19.2 Å². The molecule has 0 bridgehead atoms. The molecule has 0 radical (unpaired) electrons. The maximum atomic E-state index is 13.2. The summed E-state index contributed by atoms with van der Waals surface area (Å²) >= 11 is 0. The first-order valence-corrected chi connectivity index (χ1v) is 12.9. The van der Waals surface area contributed by atoms with Crippen LogP contribution in [-0.4, -0.2) is 28.6 Å². The van der Waals surface area contributed by atoms with Gasteiger partial charge in [0.1, 0.15) is 6.61 Å². The first-order chi connectivity index (χ1) is 20.0. The van der Waals surface area contributed by atoms with Crippen molar-refractivity contribution in [2.45, 2.75) is 13.5 Å². The summed E-state index contributed by atoms with van der Waals surface area (Å²) < 4.78 is 11.7. The highest BCUT2D eigenvalue weighted by Gasteiger charge is 2.14. The molecule has 0 spiro atoms. The van der Waals surface area contributed by atoms with Crippen molar-refractivity contribution in [3.8, 4) is 22.8 Å². The zero-order valence-corrected chi connectivity index (χ0v) is 22.2. The van der Waals surface area contributed by atoms with Crippen LogP contribution in [0.25, 0.3) is 22.2 Å². The van der Waals surface area contributed by atoms with E-state index in [1.165, 1.54) is 18.3 Å². The van der Waals surface area contributed by atoms with Crippen molar-refractivity contribution >= 4 is 28.7 Å². The first-order valence-electron chi connectivity index (χ1n) is 12.9. The van der Waals surface area contributed by atoms with Crippen LogP contribution in [0.2, 0.25) is 0 Å². The quantitative estimate of drug-likeness (QED) is 0.121. The average molecular weight is 547 g/mol. The lowest BCUT2D eigenvalue weighted by molar-refractivity contribution is -0.384. The van der Waals surface area contributed by atoms with E-state index in [-0.39, 0.29) is 18.2 Å². The standard InChI is InChI=1S/C32H26N4O5/c1-2-40-31-18-23(14-17-30(31)41-21-22-12-15-25(16-13-22)36(38)39)20-33-35-32(37)27-19-29(24-8-4-3-5-9-24)34-28-11-7-6-10-26(27)28/h3-20H,2,21H2,1H3,(H,35,37)/b33-20+. The molecule has 204 valence electrons. The normalized spacial score (nSPS) is 11.0. The van der Waals surface area contributed by atoms with Crippen LogP contribution in [-0.2, 0) is 6.61 Å². The van der Waals surface area contributed by atoms with Crippen LogP contribution >= 0.6 is 0 Å². The molecule has 4 aromatic carbocycles. The van der Waals surface area contributed by atoms with Gasteiger partial charge in [-0.05, 0) is 60.5 Å². The van der Waals surface area contributed by atoms with Gasteiger partial charge in [0.05, 0.1) is 34.5 Å². The molecule has 0 atom stereocenters. The van der Waals surface area contributed by atoms with Crippen LogP contribution < -0.4 is 14.9 Å². The van der Waals surface area contributed by atoms with Crippen LogP contribution in [0.1, 0.15) is 28.4 Å². The van der Waals surface area contributed by atoms with Crippen LogP contribution in [0, 0.1) is 10.1 Å². The minimum Gasteiger partial charge on any atom is -0.490 e. The average Bonchev–Trinajstić information content (AvgIpc) is 3.01. The largest absolute Gasteiger partial charge is 0.490 e. The van der Waals surface area contributed by atoms with Crippen LogP contribution in [0.15, 0.2) is 108 Å². The lowest BCUT2D eigenvalue weighted by atomic mass is 10.0. The molecule has 5 aromatic rings. The van der Waals surface area contributed by atoms with E-state index in [1.807, 2.05) is 61.5 Å². The van der Waals surface area contributed by atoms with Gasteiger partial charge in [-0.3, -0.25) is 14.9 Å². The molecule has 0 fully saturated rings. The zero-order valence-electron chi connectivity index (χ0n) is 22.2. The third-order valence-corrected chi connectivity index (χ3v) is 6.22. The van der Waals surface area contributed by atoms with Gasteiger partial charge in [-0.25, -0.2) is 10.4 Å². The molecule has 0 unspecified atom stereocenters. The van der Waals surface area contributed by atoms with E-state index in [9.17, 15) is 14.9 Å². The van der Waals surface area contributed by atoms with Crippen LogP contribution in [0.4, 0.5) is 5.69 Å². The molecule has 1 aromatic heterocycles. The molecule has 9 nitrogen and oxygen atoms in total. The number of hydrogen-bond acceptors (Lipinski definition) is 7. The number of hydrogen-bond donors (Lipinski definition) is 1. The van der Waals surface area contributed by atoms with E-state index in [1.54, 1.807) is 36.4 Å². The molecule has 1 heterocycles. The van der Waals surface area contributed by atoms with E-state index in [0.29, 0.717) is 40.4 Å². The first kappa shape index (κ1) is 27.0. The third kappa shape index (κ3) is 6.54. The number of nitro benzene ring substituents is 1. The Morgan fingerprint density at radius 1 is 0.927 bits per heavy atom. The number of nitrogens with one attached hydrogen (secondary N) is 1. The lowest BCUT2D eigenvalue weighted by Crippen LogP contribution is -2.18. The van der Waals surface area contributed by atoms with E-state index in [4.69, 9.17) is 14.5 Å². The highest BCUT2D eigenvalue weighted by molar-refractivity contribution is 6.07. The predicted molar refractivity (Wildman–Crippen MR) is 157 cm³/mol. The molecule has 9 heteroatoms. The summed E-state index contributed by atoms with van der Waals surface area (Å²) in [5.74, 6) is 0.672. The van der Waals surface area contributed by atoms with E-state index >= 15 is 0 Å². The second kappa shape index (κ2) is 12.5. The molecule has 0 aliphatic carbocycles. The molecule has 41 heavy (non-hydrogen) atoms. The van der Waals surface area contributed by atoms with Crippen LogP contribution in [0.3, 0.4) is 0 Å². The van der Waals surface area contributed by atoms with Gasteiger partial charge in [-0.1, -0.05) is 48.5 Å². The van der Waals surface area contributed by atoms with Crippen molar-refractivity contribution in [2.24, 2.45) is 5.10 Å². The Morgan fingerprint density at radius 3 is 2.44 bits per heavy atom. The number of amides is 1. The Morgan fingerprint density at radius 2 is 1.68 bits per heavy atom. The number of ether oxygens (including phenoxy) is 2. The molecular formula is C32H26N4O5. The minimum atomic E-state index is -0.443. The highest BCUT2D eigenvalue weighted by Crippen LogP contribution is 2.29. The van der Waals surface area contributed by atoms with Crippen molar-refractivity contribution in [1.82, 2.24) is 10.4 Å². The Hall–Kier alpha value is -5.57. The topological polar surface area (TPSA) is 116 Å². The van der Waals surface area contributed by atoms with E-state index in [0.717, 1.165) is 16.5 Å². The molecular weight excluding hydrogens is 520 g/mol. The zero-order chi connectivity index (χ0) is 28.6. The summed E-state index contributed by atoms with van der Waals surface area (Å²) in [6.45, 7) is 2.50. The smallest absolute Gasteiger partial charge is 0.272 e. The lowest BCUT2D eigenvalue weighted by Gasteiger charge is -2.12. The number of benzene rings is 4. The number of carbonyl (C=O) groups is 1. The molecule has 1 N–H and O–H groups in total. The van der Waals surface area contributed by atoms with Gasteiger partial charge >= 0.3 is 0 Å². The van der Waals surface area contributed by atoms with E-state index in [2.05, 4.69) is 10.5 Å². The fourth-order valence-electron chi connectivity index (χ4n) is 4.21. The minimum absolute atomic E-state index is 0.0215. The number of rotatable bonds is 10. The fraction of sp³-hybridized carbons (Fsp3) is 0.0938. The summed E-state index contributed by atoms with van der Waals surface area (Å²) in [4.78, 5) is 28.3. The van der Waals surface area contributed by atoms with Gasteiger partial charge < -0.3 is 9.47 Å². The number of non-ortho nitro benzene ring substituents is 1. The molecule has 0 saturated carbocycles. The number of hydrazone groups is 1. The second-order valence-electron chi connectivity index (χ2n) is 8.99. The Labute approximate surface area is 236 Å². The van der Waals surface area contributed by atoms with Gasteiger partial charge in [0, 0.05) is 23.1 Å². The number of pyridine rings is 1. The van der Waals surface area contributed by atoms with Gasteiger partial charge in [0.25, 0.3) is 11.6 Å². The number of nitrogens with zero attached hydrogens (tertiary/aromatic N) is 3. The number of fused-ring (bicyclic) bond motifs is 1. The number of nitro groups is 1. The van der Waals surface area contributed by atoms with Crippen LogP contribution in [0.5, 0.6) is 11.5 Å². The van der Waals surface area contributed by atoms with Crippen molar-refractivity contribution in [2.75, 3.05) is 6.61 Å². The third-order valence-electron chi connectivity index (χ3n) is 6.22. The summed E-state index contributed by atoms with van der Waals surface area (Å²) in [6, 6.07) is 30.4. The number of para-hydroxylation sites is 1. The predicted octanol–water partition coefficient (Wildman–Crippen LogP) is 6.55. The molecule has 1 amide bonds. The summed E-state index contributed by atoms with van der Waals surface area (Å²) in [5, 5.41) is 15.8. The van der Waals surface area contributed by atoms with Crippen molar-refractivity contribution in [3.63, 3.8) is 0 Å². The molecule has 0 aliphatic rings. The summed E-state index contributed by atoms with van der Waals surface area (Å²) in [5.41, 5.74) is 6.92. The maximum absolute atomic E-state index is 13.2. The van der Waals surface area contributed by atoms with Gasteiger partial charge in [0.15, 0.2) is 11.5 Å². The van der Waals surface area contributed by atoms with Crippen molar-refractivity contribution in [1.29, 1.82) is 0 Å². The monoisotopic (exact) mass is 546 g/mol. The Kier molecular flexibility index (Phi) is 8.25. The van der Waals surface area contributed by atoms with Gasteiger partial charge in [0.2, 0.25) is 0 Å². The van der Waals surface area contributed by atoms with Gasteiger partial charge in [-0.2, -0.15) is 5.10 Å². The van der Waals surface area contributed by atoms with Gasteiger partial charge in [-0.15, -0.1) is 0 Å².